The Morgan fingerprint density at radius 3 is 2.47 bits per heavy atom. The third-order valence-electron chi connectivity index (χ3n) is 3.53. The maximum absolute atomic E-state index is 11.4. The highest BCUT2D eigenvalue weighted by Crippen LogP contribution is 2.18. The second kappa shape index (κ2) is 6.50. The molecule has 0 radical (unpaired) electrons. The molecule has 0 aliphatic carbocycles. The van der Waals surface area contributed by atoms with Gasteiger partial charge in [0.2, 0.25) is 0 Å². The number of hydrogen-bond donors (Lipinski definition) is 1. The number of nitrogens with one attached hydrogen (secondary N) is 1. The Morgan fingerprint density at radius 2 is 1.89 bits per heavy atom. The van der Waals surface area contributed by atoms with Gasteiger partial charge in [0.05, 0.1) is 24.2 Å². The molecular weight excluding hydrogens is 262 g/mol. The minimum absolute atomic E-state index is 0.122. The molecule has 1 aliphatic heterocycles. The van der Waals surface area contributed by atoms with Gasteiger partial charge in [-0.2, -0.15) is 0 Å². The number of rotatable bonds is 5. The van der Waals surface area contributed by atoms with Gasteiger partial charge in [-0.15, -0.1) is 0 Å². The zero-order valence-electron chi connectivity index (χ0n) is 11.2. The van der Waals surface area contributed by atoms with Gasteiger partial charge < -0.3 is 10.1 Å². The van der Waals surface area contributed by atoms with E-state index in [0.29, 0.717) is 31.0 Å². The molecule has 0 bridgehead atoms. The highest BCUT2D eigenvalue weighted by Gasteiger charge is 2.25. The minimum atomic E-state index is -2.80. The Morgan fingerprint density at radius 1 is 1.26 bits per heavy atom. The molecule has 0 amide bonds. The lowest BCUT2D eigenvalue weighted by Crippen LogP contribution is -2.40. The van der Waals surface area contributed by atoms with Crippen molar-refractivity contribution in [3.05, 3.63) is 35.9 Å². The van der Waals surface area contributed by atoms with Gasteiger partial charge in [0.1, 0.15) is 9.84 Å². The molecule has 1 aromatic carbocycles. The molecule has 4 nitrogen and oxygen atoms in total. The SMILES string of the molecule is COCC(NC1CCS(=O)(=O)CC1)c1ccccc1. The van der Waals surface area contributed by atoms with Gasteiger partial charge in [-0.25, -0.2) is 8.42 Å². The number of benzene rings is 1. The fraction of sp³-hybridized carbons (Fsp3) is 0.571. The highest BCUT2D eigenvalue weighted by atomic mass is 32.2. The van der Waals surface area contributed by atoms with E-state index in [-0.39, 0.29) is 12.1 Å². The molecule has 0 aromatic heterocycles. The first-order valence-corrected chi connectivity index (χ1v) is 8.43. The van der Waals surface area contributed by atoms with E-state index in [9.17, 15) is 8.42 Å². The van der Waals surface area contributed by atoms with Crippen LogP contribution in [0.1, 0.15) is 24.4 Å². The summed E-state index contributed by atoms with van der Waals surface area (Å²) < 4.78 is 28.1. The normalized spacial score (nSPS) is 21.1. The van der Waals surface area contributed by atoms with Crippen molar-refractivity contribution >= 4 is 9.84 Å². The summed E-state index contributed by atoms with van der Waals surface area (Å²) in [6.45, 7) is 0.591. The Kier molecular flexibility index (Phi) is 4.96. The van der Waals surface area contributed by atoms with Crippen LogP contribution in [0, 0.1) is 0 Å². The zero-order chi connectivity index (χ0) is 13.7. The fourth-order valence-corrected chi connectivity index (χ4v) is 3.93. The van der Waals surface area contributed by atoms with Gasteiger partial charge in [-0.05, 0) is 18.4 Å². The third kappa shape index (κ3) is 4.30. The van der Waals surface area contributed by atoms with Crippen molar-refractivity contribution < 1.29 is 13.2 Å². The van der Waals surface area contributed by atoms with Crippen LogP contribution in [0.2, 0.25) is 0 Å². The van der Waals surface area contributed by atoms with Gasteiger partial charge in [0.15, 0.2) is 0 Å². The van der Waals surface area contributed by atoms with Gasteiger partial charge in [-0.3, -0.25) is 0 Å². The molecular formula is C14H21NO3S. The lowest BCUT2D eigenvalue weighted by atomic mass is 10.0. The van der Waals surface area contributed by atoms with E-state index in [1.54, 1.807) is 7.11 Å². The Balaban J connectivity index is 1.98. The predicted octanol–water partition coefficient (Wildman–Crippen LogP) is 1.54. The van der Waals surface area contributed by atoms with Gasteiger partial charge in [0, 0.05) is 13.2 Å². The Labute approximate surface area is 115 Å². The molecule has 0 saturated carbocycles. The summed E-state index contributed by atoms with van der Waals surface area (Å²) in [6.07, 6.45) is 1.38. The first-order chi connectivity index (χ1) is 9.11. The lowest BCUT2D eigenvalue weighted by Gasteiger charge is -2.28. The Bertz CT molecular complexity index is 473. The van der Waals surface area contributed by atoms with E-state index in [0.717, 1.165) is 0 Å². The van der Waals surface area contributed by atoms with E-state index in [1.807, 2.05) is 18.2 Å². The average Bonchev–Trinajstić information content (AvgIpc) is 2.41. The van der Waals surface area contributed by atoms with Gasteiger partial charge >= 0.3 is 0 Å². The summed E-state index contributed by atoms with van der Waals surface area (Å²) in [6, 6.07) is 10.5. The topological polar surface area (TPSA) is 55.4 Å². The molecule has 1 fully saturated rings. The molecule has 1 aliphatic rings. The summed E-state index contributed by atoms with van der Waals surface area (Å²) in [5.41, 5.74) is 1.18. The van der Waals surface area contributed by atoms with Gasteiger partial charge in [-0.1, -0.05) is 30.3 Å². The largest absolute Gasteiger partial charge is 0.383 e. The van der Waals surface area contributed by atoms with E-state index in [1.165, 1.54) is 5.56 Å². The number of methoxy groups -OCH3 is 1. The first kappa shape index (κ1) is 14.5. The van der Waals surface area contributed by atoms with Crippen LogP contribution in [0.25, 0.3) is 0 Å². The molecule has 1 N–H and O–H groups in total. The van der Waals surface area contributed by atoms with E-state index in [4.69, 9.17) is 4.74 Å². The molecule has 1 atom stereocenters. The maximum Gasteiger partial charge on any atom is 0.150 e. The van der Waals surface area contributed by atoms with Crippen molar-refractivity contribution in [3.63, 3.8) is 0 Å². The molecule has 0 spiro atoms. The number of sulfone groups is 1. The lowest BCUT2D eigenvalue weighted by molar-refractivity contribution is 0.159. The molecule has 1 unspecified atom stereocenters. The fourth-order valence-electron chi connectivity index (χ4n) is 2.43. The third-order valence-corrected chi connectivity index (χ3v) is 5.24. The van der Waals surface area contributed by atoms with Crippen molar-refractivity contribution in [3.8, 4) is 0 Å². The standard InChI is InChI=1S/C14H21NO3S/c1-18-11-14(12-5-3-2-4-6-12)15-13-7-9-19(16,17)10-8-13/h2-6,13-15H,7-11H2,1H3. The second-order valence-electron chi connectivity index (χ2n) is 5.01. The molecule has 1 saturated heterocycles. The van der Waals surface area contributed by atoms with E-state index in [2.05, 4.69) is 17.4 Å². The van der Waals surface area contributed by atoms with Crippen LogP contribution in [0.15, 0.2) is 30.3 Å². The molecule has 106 valence electrons. The predicted molar refractivity (Wildman–Crippen MR) is 75.9 cm³/mol. The summed E-state index contributed by atoms with van der Waals surface area (Å²) in [5.74, 6) is 0.582. The highest BCUT2D eigenvalue weighted by molar-refractivity contribution is 7.91. The average molecular weight is 283 g/mol. The van der Waals surface area contributed by atoms with Crippen molar-refractivity contribution in [1.29, 1.82) is 0 Å². The monoisotopic (exact) mass is 283 g/mol. The van der Waals surface area contributed by atoms with E-state index < -0.39 is 9.84 Å². The van der Waals surface area contributed by atoms with Crippen LogP contribution in [0.4, 0.5) is 0 Å². The summed E-state index contributed by atoms with van der Waals surface area (Å²) in [5, 5.41) is 3.52. The maximum atomic E-state index is 11.4. The first-order valence-electron chi connectivity index (χ1n) is 6.61. The molecule has 19 heavy (non-hydrogen) atoms. The molecule has 1 heterocycles. The van der Waals surface area contributed by atoms with Crippen LogP contribution in [-0.4, -0.2) is 39.7 Å². The van der Waals surface area contributed by atoms with Crippen LogP contribution in [0.3, 0.4) is 0 Å². The second-order valence-corrected chi connectivity index (χ2v) is 7.32. The smallest absolute Gasteiger partial charge is 0.150 e. The van der Waals surface area contributed by atoms with Crippen molar-refractivity contribution in [2.24, 2.45) is 0 Å². The van der Waals surface area contributed by atoms with E-state index >= 15 is 0 Å². The summed E-state index contributed by atoms with van der Waals surface area (Å²) >= 11 is 0. The van der Waals surface area contributed by atoms with Crippen molar-refractivity contribution in [2.45, 2.75) is 24.9 Å². The zero-order valence-corrected chi connectivity index (χ0v) is 12.0. The number of ether oxygens (including phenoxy) is 1. The molecule has 1 aromatic rings. The van der Waals surface area contributed by atoms with Crippen LogP contribution in [-0.2, 0) is 14.6 Å². The van der Waals surface area contributed by atoms with Crippen molar-refractivity contribution in [1.82, 2.24) is 5.32 Å². The summed E-state index contributed by atoms with van der Waals surface area (Å²) in [4.78, 5) is 0. The van der Waals surface area contributed by atoms with Gasteiger partial charge in [0.25, 0.3) is 0 Å². The van der Waals surface area contributed by atoms with Crippen LogP contribution < -0.4 is 5.32 Å². The Hall–Kier alpha value is -0.910. The molecule has 2 rings (SSSR count). The quantitative estimate of drug-likeness (QED) is 0.890. The van der Waals surface area contributed by atoms with Crippen LogP contribution in [0.5, 0.6) is 0 Å². The minimum Gasteiger partial charge on any atom is -0.383 e. The molecule has 5 heteroatoms. The summed E-state index contributed by atoms with van der Waals surface area (Å²) in [7, 11) is -1.12. The number of hydrogen-bond acceptors (Lipinski definition) is 4. The van der Waals surface area contributed by atoms with Crippen LogP contribution >= 0.6 is 0 Å². The van der Waals surface area contributed by atoms with Crippen molar-refractivity contribution in [2.75, 3.05) is 25.2 Å².